The highest BCUT2D eigenvalue weighted by Gasteiger charge is 2.19. The van der Waals surface area contributed by atoms with Crippen LogP contribution in [0.4, 0.5) is 4.39 Å². The number of rotatable bonds is 5. The predicted octanol–water partition coefficient (Wildman–Crippen LogP) is 4.16. The molecule has 112 valence electrons. The Morgan fingerprint density at radius 3 is 2.57 bits per heavy atom. The zero-order valence-corrected chi connectivity index (χ0v) is 14.0. The van der Waals surface area contributed by atoms with Crippen LogP contribution in [-0.2, 0) is 19.4 Å². The van der Waals surface area contributed by atoms with Crippen LogP contribution in [0, 0.1) is 5.82 Å². The molecule has 0 N–H and O–H groups in total. The van der Waals surface area contributed by atoms with Crippen molar-refractivity contribution in [3.8, 4) is 0 Å². The van der Waals surface area contributed by atoms with E-state index in [0.717, 1.165) is 35.4 Å². The van der Waals surface area contributed by atoms with Gasteiger partial charge in [-0.1, -0.05) is 35.8 Å². The van der Waals surface area contributed by atoms with Gasteiger partial charge in [0, 0.05) is 10.2 Å². The Kier molecular flexibility index (Phi) is 4.93. The third-order valence-corrected chi connectivity index (χ3v) is 4.23. The Morgan fingerprint density at radius 1 is 1.33 bits per heavy atom. The second-order valence-electron chi connectivity index (χ2n) is 4.93. The summed E-state index contributed by atoms with van der Waals surface area (Å²) in [6, 6.07) is 4.61. The van der Waals surface area contributed by atoms with Gasteiger partial charge in [-0.2, -0.15) is 5.10 Å². The van der Waals surface area contributed by atoms with Crippen LogP contribution in [0.2, 0.25) is 0 Å². The highest BCUT2D eigenvalue weighted by molar-refractivity contribution is 9.10. The van der Waals surface area contributed by atoms with Gasteiger partial charge in [0.15, 0.2) is 5.78 Å². The molecule has 1 aromatic heterocycles. The molecule has 1 aromatic carbocycles. The predicted molar refractivity (Wildman–Crippen MR) is 84.2 cm³/mol. The van der Waals surface area contributed by atoms with E-state index in [4.69, 9.17) is 0 Å². The van der Waals surface area contributed by atoms with Gasteiger partial charge in [0.2, 0.25) is 0 Å². The Balaban J connectivity index is 2.46. The summed E-state index contributed by atoms with van der Waals surface area (Å²) in [5.74, 6) is -0.228. The van der Waals surface area contributed by atoms with Gasteiger partial charge in [0.05, 0.1) is 17.8 Å². The minimum absolute atomic E-state index is 0.0492. The number of aryl methyl sites for hydroxylation is 1. The fourth-order valence-electron chi connectivity index (χ4n) is 2.51. The summed E-state index contributed by atoms with van der Waals surface area (Å²) in [6.07, 6.45) is 1.46. The van der Waals surface area contributed by atoms with Crippen LogP contribution >= 0.6 is 15.9 Å². The minimum atomic E-state index is -0.277. The first kappa shape index (κ1) is 15.9. The van der Waals surface area contributed by atoms with E-state index in [0.29, 0.717) is 11.0 Å². The number of hydrogen-bond donors (Lipinski definition) is 0. The van der Waals surface area contributed by atoms with E-state index in [9.17, 15) is 9.18 Å². The average molecular weight is 353 g/mol. The molecule has 0 amide bonds. The number of carbonyl (C=O) groups excluding carboxylic acids is 1. The Bertz CT molecular complexity index is 679. The van der Waals surface area contributed by atoms with E-state index in [1.807, 2.05) is 18.5 Å². The summed E-state index contributed by atoms with van der Waals surface area (Å²) >= 11 is 3.37. The molecule has 2 aromatic rings. The lowest BCUT2D eigenvalue weighted by molar-refractivity contribution is 0.101. The lowest BCUT2D eigenvalue weighted by atomic mass is 10.1. The van der Waals surface area contributed by atoms with E-state index >= 15 is 0 Å². The number of aromatic nitrogens is 2. The van der Waals surface area contributed by atoms with Gasteiger partial charge in [-0.3, -0.25) is 9.48 Å². The summed E-state index contributed by atoms with van der Waals surface area (Å²) in [7, 11) is 0. The fraction of sp³-hybridized carbons (Fsp3) is 0.375. The summed E-state index contributed by atoms with van der Waals surface area (Å²) < 4.78 is 15.7. The smallest absolute Gasteiger partial charge is 0.163 e. The maximum atomic E-state index is 13.2. The number of nitrogens with zero attached hydrogens (tertiary/aromatic N) is 2. The van der Waals surface area contributed by atoms with Crippen molar-refractivity contribution in [2.75, 3.05) is 0 Å². The molecule has 0 saturated carbocycles. The van der Waals surface area contributed by atoms with Crippen LogP contribution in [-0.4, -0.2) is 15.6 Å². The van der Waals surface area contributed by atoms with E-state index in [1.165, 1.54) is 12.1 Å². The van der Waals surface area contributed by atoms with Crippen LogP contribution in [0.15, 0.2) is 22.7 Å². The first-order chi connectivity index (χ1) is 9.97. The molecule has 1 heterocycles. The molecule has 0 unspecified atom stereocenters. The number of ketones is 1. The van der Waals surface area contributed by atoms with Crippen molar-refractivity contribution in [3.05, 3.63) is 51.0 Å². The topological polar surface area (TPSA) is 34.9 Å². The van der Waals surface area contributed by atoms with Crippen LogP contribution in [0.3, 0.4) is 0 Å². The van der Waals surface area contributed by atoms with Gasteiger partial charge in [0.1, 0.15) is 5.82 Å². The van der Waals surface area contributed by atoms with Crippen LogP contribution in [0.5, 0.6) is 0 Å². The second kappa shape index (κ2) is 6.52. The van der Waals surface area contributed by atoms with E-state index in [2.05, 4.69) is 21.0 Å². The molecule has 2 rings (SSSR count). The average Bonchev–Trinajstić information content (AvgIpc) is 2.79. The molecule has 21 heavy (non-hydrogen) atoms. The maximum Gasteiger partial charge on any atom is 0.163 e. The highest BCUT2D eigenvalue weighted by atomic mass is 79.9. The van der Waals surface area contributed by atoms with Crippen molar-refractivity contribution in [3.63, 3.8) is 0 Å². The molecule has 0 atom stereocenters. The molecule has 0 radical (unpaired) electrons. The standard InChI is InChI=1S/C16H18BrFN2O/c1-4-14-16(10(3)21)15(5-2)20(19-14)9-11-6-7-12(18)8-13(11)17/h6-8H,4-5,9H2,1-3H3. The fourth-order valence-corrected chi connectivity index (χ4v) is 2.98. The lowest BCUT2D eigenvalue weighted by Gasteiger charge is -2.09. The maximum absolute atomic E-state index is 13.2. The lowest BCUT2D eigenvalue weighted by Crippen LogP contribution is -2.08. The minimum Gasteiger partial charge on any atom is -0.294 e. The van der Waals surface area contributed by atoms with Gasteiger partial charge in [-0.25, -0.2) is 4.39 Å². The van der Waals surface area contributed by atoms with Gasteiger partial charge in [-0.15, -0.1) is 0 Å². The Labute approximate surface area is 132 Å². The number of Topliss-reactive ketones (excluding diaryl/α,β-unsaturated/α-hetero) is 1. The molecule has 0 aliphatic heterocycles. The van der Waals surface area contributed by atoms with Crippen LogP contribution < -0.4 is 0 Å². The van der Waals surface area contributed by atoms with Crippen molar-refractivity contribution in [2.24, 2.45) is 0 Å². The number of halogens is 2. The van der Waals surface area contributed by atoms with Crippen molar-refractivity contribution in [1.29, 1.82) is 0 Å². The summed E-state index contributed by atoms with van der Waals surface area (Å²) in [5.41, 5.74) is 3.44. The van der Waals surface area contributed by atoms with Crippen LogP contribution in [0.1, 0.15) is 48.1 Å². The SMILES string of the molecule is CCc1nn(Cc2ccc(F)cc2Br)c(CC)c1C(C)=O. The number of hydrogen-bond acceptors (Lipinski definition) is 2. The zero-order valence-electron chi connectivity index (χ0n) is 12.4. The molecule has 0 aliphatic rings. The van der Waals surface area contributed by atoms with E-state index in [1.54, 1.807) is 13.0 Å². The third kappa shape index (κ3) is 3.23. The summed E-state index contributed by atoms with van der Waals surface area (Å²) in [5, 5.41) is 4.56. The van der Waals surface area contributed by atoms with Crippen molar-refractivity contribution >= 4 is 21.7 Å². The molecular formula is C16H18BrFN2O. The van der Waals surface area contributed by atoms with Gasteiger partial charge < -0.3 is 0 Å². The molecule has 0 saturated heterocycles. The Morgan fingerprint density at radius 2 is 2.05 bits per heavy atom. The first-order valence-electron chi connectivity index (χ1n) is 7.01. The summed E-state index contributed by atoms with van der Waals surface area (Å²) in [4.78, 5) is 11.9. The van der Waals surface area contributed by atoms with E-state index in [-0.39, 0.29) is 11.6 Å². The van der Waals surface area contributed by atoms with Gasteiger partial charge in [0.25, 0.3) is 0 Å². The number of carbonyl (C=O) groups is 1. The summed E-state index contributed by atoms with van der Waals surface area (Å²) in [6.45, 7) is 6.10. The molecule has 3 nitrogen and oxygen atoms in total. The normalized spacial score (nSPS) is 10.9. The highest BCUT2D eigenvalue weighted by Crippen LogP contribution is 2.22. The van der Waals surface area contributed by atoms with Crippen molar-refractivity contribution in [2.45, 2.75) is 40.2 Å². The second-order valence-corrected chi connectivity index (χ2v) is 5.78. The monoisotopic (exact) mass is 352 g/mol. The van der Waals surface area contributed by atoms with Gasteiger partial charge >= 0.3 is 0 Å². The van der Waals surface area contributed by atoms with E-state index < -0.39 is 0 Å². The quantitative estimate of drug-likeness (QED) is 0.757. The van der Waals surface area contributed by atoms with Crippen molar-refractivity contribution < 1.29 is 9.18 Å². The van der Waals surface area contributed by atoms with Crippen molar-refractivity contribution in [1.82, 2.24) is 9.78 Å². The molecule has 0 fully saturated rings. The molecule has 0 aliphatic carbocycles. The molecular weight excluding hydrogens is 335 g/mol. The zero-order chi connectivity index (χ0) is 15.6. The molecule has 0 spiro atoms. The molecule has 5 heteroatoms. The third-order valence-electron chi connectivity index (χ3n) is 3.49. The Hall–Kier alpha value is -1.49. The van der Waals surface area contributed by atoms with Crippen LogP contribution in [0.25, 0.3) is 0 Å². The molecule has 0 bridgehead atoms. The number of benzene rings is 1. The van der Waals surface area contributed by atoms with Gasteiger partial charge in [-0.05, 0) is 37.5 Å². The largest absolute Gasteiger partial charge is 0.294 e. The first-order valence-corrected chi connectivity index (χ1v) is 7.80.